The number of rotatable bonds is 3. The summed E-state index contributed by atoms with van der Waals surface area (Å²) in [6.45, 7) is 0. The molecule has 0 saturated heterocycles. The number of carbonyl (C=O) groups is 4. The molecule has 1 amide bonds. The fourth-order valence-corrected chi connectivity index (χ4v) is 5.50. The highest BCUT2D eigenvalue weighted by Gasteiger charge is 2.67. The first-order valence-electron chi connectivity index (χ1n) is 10.5. The van der Waals surface area contributed by atoms with Crippen LogP contribution in [-0.2, 0) is 30.3 Å². The van der Waals surface area contributed by atoms with E-state index in [1.54, 1.807) is 12.1 Å². The summed E-state index contributed by atoms with van der Waals surface area (Å²) in [5.74, 6) is -6.81. The highest BCUT2D eigenvalue weighted by atomic mass is 16.7. The number of aliphatic hydroxyl groups is 2. The molecule has 1 aromatic rings. The van der Waals surface area contributed by atoms with Crippen LogP contribution in [0, 0.1) is 11.8 Å². The van der Waals surface area contributed by atoms with Gasteiger partial charge in [0.25, 0.3) is 5.91 Å². The van der Waals surface area contributed by atoms with Gasteiger partial charge in [-0.25, -0.2) is 4.79 Å². The molecule has 4 rings (SSSR count). The van der Waals surface area contributed by atoms with Crippen LogP contribution in [0.2, 0.25) is 0 Å². The van der Waals surface area contributed by atoms with Crippen molar-refractivity contribution >= 4 is 29.4 Å². The molecular formula is C23H24N2O9. The molecule has 0 radical (unpaired) electrons. The molecule has 11 nitrogen and oxygen atoms in total. The van der Waals surface area contributed by atoms with Crippen LogP contribution in [0.25, 0.3) is 5.76 Å². The van der Waals surface area contributed by atoms with E-state index in [9.17, 15) is 34.5 Å². The molecule has 4 atom stereocenters. The quantitative estimate of drug-likeness (QED) is 0.363. The van der Waals surface area contributed by atoms with E-state index in [1.165, 1.54) is 25.1 Å². The number of hydrogen-bond acceptors (Lipinski definition) is 10. The Morgan fingerprint density at radius 2 is 1.85 bits per heavy atom. The van der Waals surface area contributed by atoms with E-state index < -0.39 is 64.2 Å². The van der Waals surface area contributed by atoms with Crippen LogP contribution >= 0.6 is 0 Å². The number of methoxy groups -OCH3 is 1. The average Bonchev–Trinajstić information content (AvgIpc) is 2.74. The number of nitrogens with zero attached hydrogens (tertiary/aromatic N) is 1. The smallest absolute Gasteiger partial charge is 0.507 e. The third-order valence-corrected chi connectivity index (χ3v) is 6.84. The van der Waals surface area contributed by atoms with Gasteiger partial charge in [0.1, 0.15) is 17.1 Å². The van der Waals surface area contributed by atoms with E-state index >= 15 is 0 Å². The van der Waals surface area contributed by atoms with Gasteiger partial charge in [-0.05, 0) is 44.5 Å². The van der Waals surface area contributed by atoms with E-state index in [0.717, 1.165) is 7.11 Å². The Labute approximate surface area is 194 Å². The lowest BCUT2D eigenvalue weighted by molar-refractivity contribution is -0.157. The fourth-order valence-electron chi connectivity index (χ4n) is 5.50. The Morgan fingerprint density at radius 3 is 2.44 bits per heavy atom. The van der Waals surface area contributed by atoms with Gasteiger partial charge in [0.15, 0.2) is 11.5 Å². The molecule has 0 heterocycles. The zero-order valence-electron chi connectivity index (χ0n) is 18.7. The summed E-state index contributed by atoms with van der Waals surface area (Å²) in [5, 5.41) is 32.5. The van der Waals surface area contributed by atoms with E-state index in [0.29, 0.717) is 5.56 Å². The van der Waals surface area contributed by atoms with Gasteiger partial charge in [-0.2, -0.15) is 0 Å². The number of phenols is 1. The standard InChI is InChI=1S/C23H24N2O9/c1-25(2)16-11-8-10-7-9-5-4-6-12(26)13(9)17(27)14(10)19(29)23(11,34-22(32)33-3)20(30)15(18(16)28)21(24)31/h4-6,10-11,16,26-27,30H,7-8H2,1-3H3,(H2,24,31)/t10-,11-,16-,23-/m0/s1. The van der Waals surface area contributed by atoms with Crippen LogP contribution in [0.15, 0.2) is 35.1 Å². The fraction of sp³-hybridized carbons (Fsp3) is 0.391. The molecule has 1 aromatic carbocycles. The minimum Gasteiger partial charge on any atom is -0.507 e. The number of aliphatic hydroxyl groups excluding tert-OH is 2. The normalized spacial score (nSPS) is 28.3. The van der Waals surface area contributed by atoms with E-state index in [2.05, 4.69) is 4.74 Å². The Bertz CT molecular complexity index is 1200. The van der Waals surface area contributed by atoms with Crippen molar-refractivity contribution in [1.82, 2.24) is 4.90 Å². The molecule has 1 fully saturated rings. The van der Waals surface area contributed by atoms with Gasteiger partial charge in [-0.15, -0.1) is 0 Å². The lowest BCUT2D eigenvalue weighted by atomic mass is 9.57. The van der Waals surface area contributed by atoms with Gasteiger partial charge in [0, 0.05) is 11.5 Å². The second kappa shape index (κ2) is 7.87. The summed E-state index contributed by atoms with van der Waals surface area (Å²) >= 11 is 0. The predicted octanol–water partition coefficient (Wildman–Crippen LogP) is 0.755. The number of primary amides is 1. The number of Topliss-reactive ketones (excluding diaryl/α,β-unsaturated/α-hetero) is 2. The van der Waals surface area contributed by atoms with Crippen molar-refractivity contribution in [1.29, 1.82) is 0 Å². The van der Waals surface area contributed by atoms with Crippen LogP contribution in [0.5, 0.6) is 5.75 Å². The Morgan fingerprint density at radius 1 is 1.18 bits per heavy atom. The molecule has 34 heavy (non-hydrogen) atoms. The number of fused-ring (bicyclic) bond motifs is 3. The number of ether oxygens (including phenoxy) is 2. The molecule has 0 bridgehead atoms. The zero-order chi connectivity index (χ0) is 25.1. The largest absolute Gasteiger partial charge is 0.509 e. The minimum atomic E-state index is -2.55. The van der Waals surface area contributed by atoms with Crippen LogP contribution in [0.4, 0.5) is 4.79 Å². The number of carbonyl (C=O) groups excluding carboxylic acids is 4. The van der Waals surface area contributed by atoms with E-state index in [-0.39, 0.29) is 29.7 Å². The number of aromatic hydroxyl groups is 1. The van der Waals surface area contributed by atoms with E-state index in [4.69, 9.17) is 10.5 Å². The molecule has 3 aliphatic carbocycles. The molecule has 5 N–H and O–H groups in total. The monoisotopic (exact) mass is 472 g/mol. The first-order valence-corrected chi connectivity index (χ1v) is 10.5. The number of phenolic OH excluding ortho intramolecular Hbond substituents is 1. The van der Waals surface area contributed by atoms with Crippen LogP contribution in [0.3, 0.4) is 0 Å². The summed E-state index contributed by atoms with van der Waals surface area (Å²) in [5.41, 5.74) is 2.38. The molecule has 0 spiro atoms. The van der Waals surface area contributed by atoms with Gasteiger partial charge in [0.2, 0.25) is 11.4 Å². The molecule has 180 valence electrons. The van der Waals surface area contributed by atoms with Gasteiger partial charge >= 0.3 is 6.16 Å². The Balaban J connectivity index is 2.05. The summed E-state index contributed by atoms with van der Waals surface area (Å²) < 4.78 is 9.94. The summed E-state index contributed by atoms with van der Waals surface area (Å²) in [7, 11) is 4.06. The second-order valence-corrected chi connectivity index (χ2v) is 8.80. The summed E-state index contributed by atoms with van der Waals surface area (Å²) in [6.07, 6.45) is -1.10. The lowest BCUT2D eigenvalue weighted by Crippen LogP contribution is -2.67. The lowest BCUT2D eigenvalue weighted by Gasteiger charge is -2.51. The van der Waals surface area contributed by atoms with Crippen LogP contribution in [0.1, 0.15) is 17.5 Å². The molecule has 11 heteroatoms. The maximum atomic E-state index is 14.0. The topological polar surface area (TPSA) is 177 Å². The number of hydrogen-bond donors (Lipinski definition) is 4. The third kappa shape index (κ3) is 3.00. The second-order valence-electron chi connectivity index (χ2n) is 8.80. The van der Waals surface area contributed by atoms with Gasteiger partial charge in [0.05, 0.1) is 18.7 Å². The molecular weight excluding hydrogens is 448 g/mol. The summed E-state index contributed by atoms with van der Waals surface area (Å²) in [6, 6.07) is 3.47. The zero-order valence-corrected chi connectivity index (χ0v) is 18.7. The SMILES string of the molecule is COC(=O)O[C@]12C(=O)C3=C(O)c4c(O)cccc4C[C@H]3C[C@H]1[C@H](N(C)C)C(=O)C(C(N)=O)=C2O. The average molecular weight is 472 g/mol. The predicted molar refractivity (Wildman–Crippen MR) is 116 cm³/mol. The van der Waals surface area contributed by atoms with Crippen molar-refractivity contribution in [3.05, 3.63) is 46.2 Å². The first-order chi connectivity index (χ1) is 16.0. The van der Waals surface area contributed by atoms with Crippen LogP contribution < -0.4 is 5.73 Å². The highest BCUT2D eigenvalue weighted by molar-refractivity contribution is 6.24. The number of benzene rings is 1. The maximum absolute atomic E-state index is 14.0. The molecule has 0 aliphatic heterocycles. The highest BCUT2D eigenvalue weighted by Crippen LogP contribution is 2.54. The number of amides is 1. The molecule has 1 saturated carbocycles. The van der Waals surface area contributed by atoms with Crippen molar-refractivity contribution in [2.24, 2.45) is 17.6 Å². The molecule has 3 aliphatic rings. The molecule has 0 unspecified atom stereocenters. The minimum absolute atomic E-state index is 0.0158. The van der Waals surface area contributed by atoms with Gasteiger partial charge < -0.3 is 30.5 Å². The van der Waals surface area contributed by atoms with Crippen LogP contribution in [-0.4, -0.2) is 76.7 Å². The first kappa shape index (κ1) is 23.3. The number of likely N-dealkylation sites (N-methyl/N-ethyl adjacent to an activating group) is 1. The number of nitrogens with two attached hydrogens (primary N) is 1. The van der Waals surface area contributed by atoms with Crippen molar-refractivity contribution < 1.29 is 44.0 Å². The summed E-state index contributed by atoms with van der Waals surface area (Å²) in [4.78, 5) is 53.1. The number of ketones is 2. The van der Waals surface area contributed by atoms with E-state index in [1.807, 2.05) is 0 Å². The van der Waals surface area contributed by atoms with Crippen molar-refractivity contribution in [2.75, 3.05) is 21.2 Å². The Kier molecular flexibility index (Phi) is 5.40. The van der Waals surface area contributed by atoms with Gasteiger partial charge in [-0.1, -0.05) is 12.1 Å². The maximum Gasteiger partial charge on any atom is 0.509 e. The van der Waals surface area contributed by atoms with Crippen molar-refractivity contribution in [3.8, 4) is 5.75 Å². The van der Waals surface area contributed by atoms with Crippen molar-refractivity contribution in [3.63, 3.8) is 0 Å². The Hall–Kier alpha value is -3.86. The third-order valence-electron chi connectivity index (χ3n) is 6.84. The van der Waals surface area contributed by atoms with Crippen molar-refractivity contribution in [2.45, 2.75) is 24.5 Å². The van der Waals surface area contributed by atoms with Gasteiger partial charge in [-0.3, -0.25) is 19.3 Å². The molecule has 0 aromatic heterocycles.